The number of nitrogens with zero attached hydrogens (tertiary/aromatic N) is 1. The van der Waals surface area contributed by atoms with E-state index in [9.17, 15) is 14.7 Å². The van der Waals surface area contributed by atoms with Crippen LogP contribution in [0.3, 0.4) is 0 Å². The minimum absolute atomic E-state index is 0.0308. The van der Waals surface area contributed by atoms with Crippen molar-refractivity contribution in [2.75, 3.05) is 11.9 Å². The lowest BCUT2D eigenvalue weighted by atomic mass is 9.73. The van der Waals surface area contributed by atoms with Crippen LogP contribution in [-0.2, 0) is 21.4 Å². The molecule has 2 N–H and O–H groups in total. The van der Waals surface area contributed by atoms with E-state index in [-0.39, 0.29) is 30.4 Å². The van der Waals surface area contributed by atoms with Crippen LogP contribution in [0.4, 0.5) is 5.69 Å². The van der Waals surface area contributed by atoms with Gasteiger partial charge in [-0.2, -0.15) is 0 Å². The number of hydrogen-bond donors (Lipinski definition) is 2. The Hall–Kier alpha value is -2.66. The number of carbonyl (C=O) groups excluding carboxylic acids is 2. The van der Waals surface area contributed by atoms with Crippen molar-refractivity contribution in [3.05, 3.63) is 65.7 Å². The van der Waals surface area contributed by atoms with E-state index in [1.165, 1.54) is 0 Å². The lowest BCUT2D eigenvalue weighted by Gasteiger charge is -2.31. The summed E-state index contributed by atoms with van der Waals surface area (Å²) in [5, 5.41) is 12.8. The number of amides is 2. The summed E-state index contributed by atoms with van der Waals surface area (Å²) in [6.45, 7) is 0. The number of carbonyl (C=O) groups is 2. The minimum atomic E-state index is -0.898. The quantitative estimate of drug-likeness (QED) is 0.822. The van der Waals surface area contributed by atoms with Crippen LogP contribution in [0.1, 0.15) is 43.2 Å². The average molecular weight is 392 g/mol. The van der Waals surface area contributed by atoms with Crippen LogP contribution >= 0.6 is 0 Å². The van der Waals surface area contributed by atoms with Gasteiger partial charge < -0.3 is 15.3 Å². The molecule has 2 aromatic rings. The van der Waals surface area contributed by atoms with Crippen LogP contribution in [0.2, 0.25) is 0 Å². The van der Waals surface area contributed by atoms with Gasteiger partial charge in [-0.1, -0.05) is 48.5 Å². The third-order valence-corrected chi connectivity index (χ3v) is 6.37. The smallest absolute Gasteiger partial charge is 0.238 e. The normalized spacial score (nSPS) is 26.3. The first-order chi connectivity index (χ1) is 14.0. The molecular formula is C24H28N2O3. The number of aliphatic hydroxyl groups excluding tert-OH is 1. The number of nitrogens with one attached hydrogen (secondary N) is 1. The molecule has 1 aliphatic carbocycles. The molecule has 1 heterocycles. The topological polar surface area (TPSA) is 69.6 Å². The molecule has 2 aliphatic rings. The van der Waals surface area contributed by atoms with Gasteiger partial charge in [0.15, 0.2) is 0 Å². The number of aliphatic hydroxyl groups is 1. The second-order valence-electron chi connectivity index (χ2n) is 8.38. The molecule has 29 heavy (non-hydrogen) atoms. The van der Waals surface area contributed by atoms with Gasteiger partial charge in [0.1, 0.15) is 0 Å². The molecule has 2 amide bonds. The Bertz CT molecular complexity index is 890. The van der Waals surface area contributed by atoms with Crippen LogP contribution in [0, 0.1) is 0 Å². The lowest BCUT2D eigenvalue weighted by Crippen LogP contribution is -2.46. The van der Waals surface area contributed by atoms with E-state index in [1.807, 2.05) is 54.6 Å². The summed E-state index contributed by atoms with van der Waals surface area (Å²) < 4.78 is 0. The van der Waals surface area contributed by atoms with Gasteiger partial charge in [-0.15, -0.1) is 0 Å². The highest BCUT2D eigenvalue weighted by molar-refractivity contribution is 6.09. The van der Waals surface area contributed by atoms with Crippen molar-refractivity contribution in [2.24, 2.45) is 0 Å². The predicted octanol–water partition coefficient (Wildman–Crippen LogP) is 2.95. The molecule has 5 heteroatoms. The van der Waals surface area contributed by atoms with E-state index < -0.39 is 5.41 Å². The van der Waals surface area contributed by atoms with Gasteiger partial charge in [0.05, 0.1) is 11.5 Å². The maximum atomic E-state index is 13.5. The van der Waals surface area contributed by atoms with Gasteiger partial charge in [0, 0.05) is 25.2 Å². The van der Waals surface area contributed by atoms with Crippen molar-refractivity contribution in [3.8, 4) is 0 Å². The zero-order valence-corrected chi connectivity index (χ0v) is 16.8. The number of para-hydroxylation sites is 1. The predicted molar refractivity (Wildman–Crippen MR) is 113 cm³/mol. The number of anilines is 1. The second-order valence-corrected chi connectivity index (χ2v) is 8.38. The molecule has 152 valence electrons. The van der Waals surface area contributed by atoms with Gasteiger partial charge in [-0.05, 0) is 49.3 Å². The van der Waals surface area contributed by atoms with Crippen molar-refractivity contribution < 1.29 is 14.7 Å². The summed E-state index contributed by atoms with van der Waals surface area (Å²) in [5.41, 5.74) is 1.94. The molecule has 1 aliphatic heterocycles. The molecule has 1 fully saturated rings. The van der Waals surface area contributed by atoms with Crippen LogP contribution in [0.15, 0.2) is 54.6 Å². The molecule has 1 atom stereocenters. The second kappa shape index (κ2) is 7.99. The van der Waals surface area contributed by atoms with E-state index >= 15 is 0 Å². The summed E-state index contributed by atoms with van der Waals surface area (Å²) in [6, 6.07) is 17.8. The fourth-order valence-electron chi connectivity index (χ4n) is 4.84. The van der Waals surface area contributed by atoms with E-state index in [2.05, 4.69) is 5.32 Å². The molecule has 0 unspecified atom stereocenters. The first kappa shape index (κ1) is 19.6. The fraction of sp³-hybridized carbons (Fsp3) is 0.417. The summed E-state index contributed by atoms with van der Waals surface area (Å²) in [6.07, 6.45) is 3.34. The molecule has 0 aromatic heterocycles. The van der Waals surface area contributed by atoms with E-state index in [0.29, 0.717) is 19.3 Å². The highest BCUT2D eigenvalue weighted by Gasteiger charge is 2.50. The molecule has 0 saturated heterocycles. The molecule has 4 rings (SSSR count). The van der Waals surface area contributed by atoms with Crippen LogP contribution < -0.4 is 10.2 Å². The Morgan fingerprint density at radius 3 is 2.45 bits per heavy atom. The standard InChI is InChI=1S/C24H28N2O3/c1-26-21-10-6-5-9-20(21)24(23(26)29,15-17-7-3-2-4-8-17)16-22(28)25-18-11-13-19(27)14-12-18/h2-10,18-19,27H,11-16H2,1H3,(H,25,28)/t18?,19?,24-/m1/s1. The molecule has 0 bridgehead atoms. The maximum Gasteiger partial charge on any atom is 0.238 e. The Morgan fingerprint density at radius 1 is 1.07 bits per heavy atom. The molecule has 5 nitrogen and oxygen atoms in total. The third-order valence-electron chi connectivity index (χ3n) is 6.37. The summed E-state index contributed by atoms with van der Waals surface area (Å²) in [7, 11) is 1.79. The third kappa shape index (κ3) is 3.79. The van der Waals surface area contributed by atoms with Crippen molar-refractivity contribution in [1.29, 1.82) is 0 Å². The largest absolute Gasteiger partial charge is 0.393 e. The molecular weight excluding hydrogens is 364 g/mol. The van der Waals surface area contributed by atoms with Crippen LogP contribution in [-0.4, -0.2) is 36.1 Å². The Kier molecular flexibility index (Phi) is 5.41. The average Bonchev–Trinajstić information content (AvgIpc) is 2.93. The number of benzene rings is 2. The number of fused-ring (bicyclic) bond motifs is 1. The zero-order chi connectivity index (χ0) is 20.4. The lowest BCUT2D eigenvalue weighted by molar-refractivity contribution is -0.130. The number of rotatable bonds is 5. The number of hydrogen-bond acceptors (Lipinski definition) is 3. The molecule has 0 spiro atoms. The van der Waals surface area contributed by atoms with Gasteiger partial charge in [-0.3, -0.25) is 9.59 Å². The summed E-state index contributed by atoms with van der Waals surface area (Å²) in [4.78, 5) is 28.2. The van der Waals surface area contributed by atoms with Gasteiger partial charge in [0.25, 0.3) is 0 Å². The van der Waals surface area contributed by atoms with Crippen LogP contribution in [0.25, 0.3) is 0 Å². The monoisotopic (exact) mass is 392 g/mol. The Balaban J connectivity index is 1.63. The number of likely N-dealkylation sites (N-methyl/N-ethyl adjacent to an activating group) is 1. The zero-order valence-electron chi connectivity index (χ0n) is 16.8. The van der Waals surface area contributed by atoms with Gasteiger partial charge in [-0.25, -0.2) is 0 Å². The van der Waals surface area contributed by atoms with E-state index in [4.69, 9.17) is 0 Å². The maximum absolute atomic E-state index is 13.5. The van der Waals surface area contributed by atoms with Crippen molar-refractivity contribution in [1.82, 2.24) is 5.32 Å². The van der Waals surface area contributed by atoms with Crippen LogP contribution in [0.5, 0.6) is 0 Å². The van der Waals surface area contributed by atoms with Crippen molar-refractivity contribution >= 4 is 17.5 Å². The highest BCUT2D eigenvalue weighted by atomic mass is 16.3. The minimum Gasteiger partial charge on any atom is -0.393 e. The molecule has 1 saturated carbocycles. The Morgan fingerprint density at radius 2 is 1.72 bits per heavy atom. The fourth-order valence-corrected chi connectivity index (χ4v) is 4.84. The molecule has 2 aromatic carbocycles. The van der Waals surface area contributed by atoms with Crippen molar-refractivity contribution in [2.45, 2.75) is 56.1 Å². The SMILES string of the molecule is CN1C(=O)[C@@](CC(=O)NC2CCC(O)CC2)(Cc2ccccc2)c2ccccc21. The highest BCUT2D eigenvalue weighted by Crippen LogP contribution is 2.45. The van der Waals surface area contributed by atoms with Crippen molar-refractivity contribution in [3.63, 3.8) is 0 Å². The first-order valence-electron chi connectivity index (χ1n) is 10.4. The molecule has 0 radical (unpaired) electrons. The van der Waals surface area contributed by atoms with Gasteiger partial charge >= 0.3 is 0 Å². The Labute approximate surface area is 171 Å². The van der Waals surface area contributed by atoms with E-state index in [1.54, 1.807) is 11.9 Å². The van der Waals surface area contributed by atoms with E-state index in [0.717, 1.165) is 29.7 Å². The summed E-state index contributed by atoms with van der Waals surface area (Å²) >= 11 is 0. The first-order valence-corrected chi connectivity index (χ1v) is 10.4. The summed E-state index contributed by atoms with van der Waals surface area (Å²) in [5.74, 6) is -0.127. The van der Waals surface area contributed by atoms with Gasteiger partial charge in [0.2, 0.25) is 11.8 Å².